The molecule has 2 rings (SSSR count). The standard InChI is InChI=1S/C13H18N2O6S2/c1-14-22(18,19)11-2-4-12(5-3-11)23(20,21)15-8-6-10(7-9-15)13(16)17/h2-5,10,14H,6-9H2,1H3,(H,16,17). The van der Waals surface area contributed by atoms with Crippen molar-refractivity contribution in [3.8, 4) is 0 Å². The van der Waals surface area contributed by atoms with Gasteiger partial charge in [-0.3, -0.25) is 4.79 Å². The highest BCUT2D eigenvalue weighted by atomic mass is 32.2. The van der Waals surface area contributed by atoms with Gasteiger partial charge in [0.2, 0.25) is 20.0 Å². The van der Waals surface area contributed by atoms with Crippen molar-refractivity contribution in [1.82, 2.24) is 9.03 Å². The summed E-state index contributed by atoms with van der Waals surface area (Å²) in [6, 6.07) is 4.93. The molecule has 1 aromatic carbocycles. The topological polar surface area (TPSA) is 121 Å². The molecule has 1 saturated heterocycles. The molecule has 1 aliphatic heterocycles. The van der Waals surface area contributed by atoms with E-state index in [1.54, 1.807) is 0 Å². The van der Waals surface area contributed by atoms with Gasteiger partial charge in [-0.25, -0.2) is 21.6 Å². The number of rotatable bonds is 5. The van der Waals surface area contributed by atoms with Crippen LogP contribution in [0, 0.1) is 5.92 Å². The Labute approximate surface area is 135 Å². The summed E-state index contributed by atoms with van der Waals surface area (Å²) in [6.07, 6.45) is 0.529. The molecule has 0 unspecified atom stereocenters. The molecule has 128 valence electrons. The second-order valence-electron chi connectivity index (χ2n) is 5.20. The Bertz CT molecular complexity index is 778. The van der Waals surface area contributed by atoms with Crippen molar-refractivity contribution in [3.63, 3.8) is 0 Å². The number of nitrogens with zero attached hydrogens (tertiary/aromatic N) is 1. The lowest BCUT2D eigenvalue weighted by molar-refractivity contribution is -0.142. The van der Waals surface area contributed by atoms with Gasteiger partial charge in [0.15, 0.2) is 0 Å². The molecule has 0 atom stereocenters. The van der Waals surface area contributed by atoms with Gasteiger partial charge < -0.3 is 5.11 Å². The van der Waals surface area contributed by atoms with Crippen LogP contribution < -0.4 is 4.72 Å². The van der Waals surface area contributed by atoms with Gasteiger partial charge in [-0.1, -0.05) is 0 Å². The summed E-state index contributed by atoms with van der Waals surface area (Å²) in [5, 5.41) is 8.94. The van der Waals surface area contributed by atoms with Gasteiger partial charge in [-0.2, -0.15) is 4.31 Å². The van der Waals surface area contributed by atoms with Gasteiger partial charge in [-0.05, 0) is 44.2 Å². The highest BCUT2D eigenvalue weighted by Crippen LogP contribution is 2.24. The minimum atomic E-state index is -3.75. The second-order valence-corrected chi connectivity index (χ2v) is 9.02. The summed E-state index contributed by atoms with van der Waals surface area (Å²) < 4.78 is 51.7. The molecule has 0 amide bonds. The highest BCUT2D eigenvalue weighted by Gasteiger charge is 2.32. The minimum Gasteiger partial charge on any atom is -0.481 e. The third kappa shape index (κ3) is 3.71. The molecule has 2 N–H and O–H groups in total. The Hall–Kier alpha value is -1.49. The van der Waals surface area contributed by atoms with E-state index in [1.165, 1.54) is 35.6 Å². The van der Waals surface area contributed by atoms with Crippen molar-refractivity contribution in [3.05, 3.63) is 24.3 Å². The number of sulfonamides is 2. The predicted octanol–water partition coefficient (Wildman–Crippen LogP) is 0.0800. The molecular formula is C13H18N2O6S2. The zero-order valence-electron chi connectivity index (χ0n) is 12.5. The molecular weight excluding hydrogens is 344 g/mol. The lowest BCUT2D eigenvalue weighted by Crippen LogP contribution is -2.40. The largest absolute Gasteiger partial charge is 0.481 e. The Morgan fingerprint density at radius 2 is 1.57 bits per heavy atom. The summed E-state index contributed by atoms with van der Waals surface area (Å²) in [5.74, 6) is -1.44. The van der Waals surface area contributed by atoms with E-state index < -0.39 is 31.9 Å². The summed E-state index contributed by atoms with van der Waals surface area (Å²) >= 11 is 0. The van der Waals surface area contributed by atoms with Gasteiger partial charge in [0.25, 0.3) is 0 Å². The molecule has 0 spiro atoms. The summed E-state index contributed by atoms with van der Waals surface area (Å²) in [5.41, 5.74) is 0. The maximum absolute atomic E-state index is 12.5. The van der Waals surface area contributed by atoms with Crippen LogP contribution in [0.15, 0.2) is 34.1 Å². The zero-order valence-corrected chi connectivity index (χ0v) is 14.1. The van der Waals surface area contributed by atoms with Crippen LogP contribution in [-0.4, -0.2) is 52.4 Å². The van der Waals surface area contributed by atoms with Crippen molar-refractivity contribution < 1.29 is 26.7 Å². The first-order chi connectivity index (χ1) is 10.7. The maximum atomic E-state index is 12.5. The molecule has 10 heteroatoms. The van der Waals surface area contributed by atoms with Crippen molar-refractivity contribution in [2.75, 3.05) is 20.1 Å². The van der Waals surface area contributed by atoms with Crippen LogP contribution >= 0.6 is 0 Å². The third-order valence-corrected chi connectivity index (χ3v) is 7.19. The normalized spacial score (nSPS) is 18.0. The molecule has 0 bridgehead atoms. The van der Waals surface area contributed by atoms with Crippen LogP contribution in [0.5, 0.6) is 0 Å². The van der Waals surface area contributed by atoms with Crippen molar-refractivity contribution in [1.29, 1.82) is 0 Å². The fraction of sp³-hybridized carbons (Fsp3) is 0.462. The van der Waals surface area contributed by atoms with E-state index in [2.05, 4.69) is 4.72 Å². The Morgan fingerprint density at radius 3 is 2.00 bits per heavy atom. The molecule has 1 fully saturated rings. The molecule has 1 heterocycles. The van der Waals surface area contributed by atoms with E-state index in [0.29, 0.717) is 0 Å². The molecule has 0 radical (unpaired) electrons. The zero-order chi connectivity index (χ0) is 17.3. The molecule has 8 nitrogen and oxygen atoms in total. The van der Waals surface area contributed by atoms with E-state index in [4.69, 9.17) is 5.11 Å². The number of carboxylic acids is 1. The van der Waals surface area contributed by atoms with E-state index in [9.17, 15) is 21.6 Å². The number of nitrogens with one attached hydrogen (secondary N) is 1. The third-order valence-electron chi connectivity index (χ3n) is 3.84. The maximum Gasteiger partial charge on any atom is 0.306 e. The van der Waals surface area contributed by atoms with Crippen LogP contribution in [-0.2, 0) is 24.8 Å². The fourth-order valence-corrected chi connectivity index (χ4v) is 4.60. The van der Waals surface area contributed by atoms with Gasteiger partial charge in [0.1, 0.15) is 0 Å². The smallest absolute Gasteiger partial charge is 0.306 e. The van der Waals surface area contributed by atoms with Crippen molar-refractivity contribution in [2.45, 2.75) is 22.6 Å². The summed E-state index contributed by atoms with van der Waals surface area (Å²) in [4.78, 5) is 10.9. The van der Waals surface area contributed by atoms with E-state index in [0.717, 1.165) is 0 Å². The predicted molar refractivity (Wildman–Crippen MR) is 81.8 cm³/mol. The van der Waals surface area contributed by atoms with Gasteiger partial charge in [0, 0.05) is 13.1 Å². The first-order valence-electron chi connectivity index (χ1n) is 6.95. The van der Waals surface area contributed by atoms with E-state index >= 15 is 0 Å². The highest BCUT2D eigenvalue weighted by molar-refractivity contribution is 7.89. The quantitative estimate of drug-likeness (QED) is 0.765. The molecule has 0 saturated carbocycles. The number of hydrogen-bond donors (Lipinski definition) is 2. The lowest BCUT2D eigenvalue weighted by Gasteiger charge is -2.29. The van der Waals surface area contributed by atoms with Crippen molar-refractivity contribution in [2.24, 2.45) is 5.92 Å². The summed E-state index contributed by atoms with van der Waals surface area (Å²) in [7, 11) is -6.11. The second kappa shape index (κ2) is 6.56. The molecule has 1 aromatic rings. The summed E-state index contributed by atoms with van der Waals surface area (Å²) in [6.45, 7) is 0.270. The molecule has 23 heavy (non-hydrogen) atoms. The van der Waals surface area contributed by atoms with Crippen LogP contribution in [0.3, 0.4) is 0 Å². The van der Waals surface area contributed by atoms with Crippen LogP contribution in [0.1, 0.15) is 12.8 Å². The van der Waals surface area contributed by atoms with Crippen LogP contribution in [0.25, 0.3) is 0 Å². The number of benzene rings is 1. The van der Waals surface area contributed by atoms with Crippen LogP contribution in [0.4, 0.5) is 0 Å². The molecule has 0 aromatic heterocycles. The minimum absolute atomic E-state index is 0.0127. The first kappa shape index (κ1) is 17.9. The van der Waals surface area contributed by atoms with E-state index in [-0.39, 0.29) is 35.7 Å². The Balaban J connectivity index is 2.19. The van der Waals surface area contributed by atoms with Gasteiger partial charge in [0.05, 0.1) is 15.7 Å². The molecule has 0 aliphatic carbocycles. The average Bonchev–Trinajstić information content (AvgIpc) is 2.55. The van der Waals surface area contributed by atoms with Gasteiger partial charge >= 0.3 is 5.97 Å². The number of carboxylic acid groups (broad SMARTS) is 1. The number of aliphatic carboxylic acids is 1. The lowest BCUT2D eigenvalue weighted by atomic mass is 9.99. The first-order valence-corrected chi connectivity index (χ1v) is 9.87. The van der Waals surface area contributed by atoms with E-state index in [1.807, 2.05) is 0 Å². The Morgan fingerprint density at radius 1 is 1.09 bits per heavy atom. The molecule has 1 aliphatic rings. The fourth-order valence-electron chi connectivity index (χ4n) is 2.40. The van der Waals surface area contributed by atoms with Crippen molar-refractivity contribution >= 4 is 26.0 Å². The number of carbonyl (C=O) groups is 1. The van der Waals surface area contributed by atoms with Gasteiger partial charge in [-0.15, -0.1) is 0 Å². The monoisotopic (exact) mass is 362 g/mol. The van der Waals surface area contributed by atoms with Crippen LogP contribution in [0.2, 0.25) is 0 Å². The Kier molecular flexibility index (Phi) is 5.09. The number of piperidine rings is 1. The SMILES string of the molecule is CNS(=O)(=O)c1ccc(S(=O)(=O)N2CCC(C(=O)O)CC2)cc1. The average molecular weight is 362 g/mol. The number of hydrogen-bond acceptors (Lipinski definition) is 5.